The van der Waals surface area contributed by atoms with Crippen LogP contribution in [-0.4, -0.2) is 72.1 Å². The van der Waals surface area contributed by atoms with E-state index in [0.29, 0.717) is 6.61 Å². The van der Waals surface area contributed by atoms with Crippen LogP contribution in [0.2, 0.25) is 0 Å². The van der Waals surface area contributed by atoms with Crippen molar-refractivity contribution in [3.8, 4) is 0 Å². The van der Waals surface area contributed by atoms with Gasteiger partial charge in [0.15, 0.2) is 6.04 Å². The molecule has 17 heavy (non-hydrogen) atoms. The van der Waals surface area contributed by atoms with Crippen LogP contribution < -0.4 is 0 Å². The summed E-state index contributed by atoms with van der Waals surface area (Å²) in [4.78, 5) is 36.3. The highest BCUT2D eigenvalue weighted by molar-refractivity contribution is 5.87. The molecule has 0 aromatic heterocycles. The number of amides is 2. The second-order valence-electron chi connectivity index (χ2n) is 3.89. The average Bonchev–Trinajstić information content (AvgIpc) is 2.28. The second-order valence-corrected chi connectivity index (χ2v) is 3.89. The molecule has 1 aliphatic heterocycles. The van der Waals surface area contributed by atoms with Crippen LogP contribution in [-0.2, 0) is 19.1 Å². The van der Waals surface area contributed by atoms with Crippen LogP contribution >= 0.6 is 0 Å². The number of carbonyl (C=O) groups is 3. The molecule has 0 aromatic carbocycles. The summed E-state index contributed by atoms with van der Waals surface area (Å²) in [5, 5.41) is 8.95. The third kappa shape index (κ3) is 3.42. The van der Waals surface area contributed by atoms with Gasteiger partial charge in [0.05, 0.1) is 19.8 Å². The first-order valence-electron chi connectivity index (χ1n) is 5.25. The van der Waals surface area contributed by atoms with Crippen LogP contribution in [0.3, 0.4) is 0 Å². The zero-order valence-electron chi connectivity index (χ0n) is 9.88. The van der Waals surface area contributed by atoms with E-state index in [-0.39, 0.29) is 31.5 Å². The predicted molar refractivity (Wildman–Crippen MR) is 57.3 cm³/mol. The fourth-order valence-corrected chi connectivity index (χ4v) is 1.51. The van der Waals surface area contributed by atoms with Crippen molar-refractivity contribution in [2.45, 2.75) is 13.0 Å². The number of carbonyl (C=O) groups excluding carboxylic acids is 2. The molecular formula is C10H16N2O5. The molecule has 0 aliphatic carbocycles. The monoisotopic (exact) mass is 244 g/mol. The number of rotatable bonds is 3. The lowest BCUT2D eigenvalue weighted by molar-refractivity contribution is -0.159. The third-order valence-electron chi connectivity index (χ3n) is 2.64. The van der Waals surface area contributed by atoms with E-state index in [0.717, 1.165) is 0 Å². The van der Waals surface area contributed by atoms with Gasteiger partial charge in [-0.05, 0) is 0 Å². The van der Waals surface area contributed by atoms with Gasteiger partial charge in [0.25, 0.3) is 0 Å². The molecule has 96 valence electrons. The zero-order chi connectivity index (χ0) is 13.0. The van der Waals surface area contributed by atoms with Crippen molar-refractivity contribution in [1.82, 2.24) is 9.80 Å². The lowest BCUT2D eigenvalue weighted by Crippen LogP contribution is -2.55. The molecule has 1 heterocycles. The molecule has 2 amide bonds. The minimum Gasteiger partial charge on any atom is -0.480 e. The second kappa shape index (κ2) is 5.62. The van der Waals surface area contributed by atoms with Crippen LogP contribution in [0, 0.1) is 0 Å². The van der Waals surface area contributed by atoms with E-state index in [1.54, 1.807) is 0 Å². The number of ether oxygens (including phenoxy) is 1. The van der Waals surface area contributed by atoms with E-state index in [4.69, 9.17) is 9.84 Å². The summed E-state index contributed by atoms with van der Waals surface area (Å²) in [6.45, 7) is 1.78. The number of likely N-dealkylation sites (N-methyl/N-ethyl adjacent to an activating group) is 1. The lowest BCUT2D eigenvalue weighted by Gasteiger charge is -2.33. The van der Waals surface area contributed by atoms with E-state index in [1.165, 1.54) is 23.8 Å². The summed E-state index contributed by atoms with van der Waals surface area (Å²) < 4.78 is 5.02. The van der Waals surface area contributed by atoms with Gasteiger partial charge in [0.1, 0.15) is 0 Å². The van der Waals surface area contributed by atoms with Crippen LogP contribution in [0.5, 0.6) is 0 Å². The van der Waals surface area contributed by atoms with Crippen LogP contribution in [0.15, 0.2) is 0 Å². The highest BCUT2D eigenvalue weighted by atomic mass is 16.5. The van der Waals surface area contributed by atoms with E-state index < -0.39 is 12.0 Å². The predicted octanol–water partition coefficient (Wildman–Crippen LogP) is -1.22. The van der Waals surface area contributed by atoms with Crippen molar-refractivity contribution >= 4 is 17.8 Å². The van der Waals surface area contributed by atoms with Crippen LogP contribution in [0.1, 0.15) is 6.92 Å². The number of aliphatic carboxylic acids is 1. The van der Waals surface area contributed by atoms with E-state index >= 15 is 0 Å². The molecule has 0 spiro atoms. The molecule has 1 atom stereocenters. The Morgan fingerprint density at radius 2 is 2.12 bits per heavy atom. The number of hydrogen-bond acceptors (Lipinski definition) is 4. The number of nitrogens with zero attached hydrogens (tertiary/aromatic N) is 2. The molecule has 0 bridgehead atoms. The van der Waals surface area contributed by atoms with Gasteiger partial charge in [0, 0.05) is 20.5 Å². The van der Waals surface area contributed by atoms with Gasteiger partial charge >= 0.3 is 5.97 Å². The molecule has 1 fully saturated rings. The fourth-order valence-electron chi connectivity index (χ4n) is 1.51. The van der Waals surface area contributed by atoms with Gasteiger partial charge in [0.2, 0.25) is 11.8 Å². The van der Waals surface area contributed by atoms with Crippen LogP contribution in [0.25, 0.3) is 0 Å². The first-order valence-corrected chi connectivity index (χ1v) is 5.25. The highest BCUT2D eigenvalue weighted by Crippen LogP contribution is 2.08. The maximum Gasteiger partial charge on any atom is 0.328 e. The topological polar surface area (TPSA) is 87.2 Å². The lowest BCUT2D eigenvalue weighted by atomic mass is 10.2. The largest absolute Gasteiger partial charge is 0.480 e. The Morgan fingerprint density at radius 1 is 1.47 bits per heavy atom. The van der Waals surface area contributed by atoms with Gasteiger partial charge in [-0.15, -0.1) is 0 Å². The molecule has 1 rings (SSSR count). The number of carboxylic acid groups (broad SMARTS) is 1. The van der Waals surface area contributed by atoms with Crippen molar-refractivity contribution in [2.24, 2.45) is 0 Å². The molecule has 1 N–H and O–H groups in total. The van der Waals surface area contributed by atoms with E-state index in [1.807, 2.05) is 0 Å². The standard InChI is InChI=1S/C10H16N2O5/c1-7(13)11(2)5-9(14)12-3-4-17-6-8(12)10(15)16/h8H,3-6H2,1-2H3,(H,15,16). The quantitative estimate of drug-likeness (QED) is 0.672. The summed E-state index contributed by atoms with van der Waals surface area (Å²) in [6, 6.07) is -0.961. The Kier molecular flexibility index (Phi) is 4.45. The SMILES string of the molecule is CC(=O)N(C)CC(=O)N1CCOCC1C(=O)O. The summed E-state index contributed by atoms with van der Waals surface area (Å²) >= 11 is 0. The molecule has 7 heteroatoms. The van der Waals surface area contributed by atoms with E-state index in [2.05, 4.69) is 0 Å². The molecule has 0 aromatic rings. The molecular weight excluding hydrogens is 228 g/mol. The van der Waals surface area contributed by atoms with Crippen molar-refractivity contribution in [1.29, 1.82) is 0 Å². The van der Waals surface area contributed by atoms with E-state index in [9.17, 15) is 14.4 Å². The Hall–Kier alpha value is -1.63. The van der Waals surface area contributed by atoms with Gasteiger partial charge in [-0.1, -0.05) is 0 Å². The molecule has 7 nitrogen and oxygen atoms in total. The van der Waals surface area contributed by atoms with Crippen molar-refractivity contribution in [3.05, 3.63) is 0 Å². The minimum atomic E-state index is -1.09. The molecule has 1 unspecified atom stereocenters. The average molecular weight is 244 g/mol. The first-order chi connectivity index (χ1) is 7.93. The van der Waals surface area contributed by atoms with Gasteiger partial charge < -0.3 is 19.6 Å². The minimum absolute atomic E-state index is 0.00907. The molecule has 0 saturated carbocycles. The Balaban J connectivity index is 2.65. The maximum absolute atomic E-state index is 11.8. The smallest absolute Gasteiger partial charge is 0.328 e. The highest BCUT2D eigenvalue weighted by Gasteiger charge is 2.33. The first kappa shape index (κ1) is 13.4. The summed E-state index contributed by atoms with van der Waals surface area (Å²) in [5.74, 6) is -1.71. The summed E-state index contributed by atoms with van der Waals surface area (Å²) in [5.41, 5.74) is 0. The molecule has 0 radical (unpaired) electrons. The maximum atomic E-state index is 11.8. The summed E-state index contributed by atoms with van der Waals surface area (Å²) in [7, 11) is 1.50. The Morgan fingerprint density at radius 3 is 2.65 bits per heavy atom. The molecule has 1 aliphatic rings. The summed E-state index contributed by atoms with van der Waals surface area (Å²) in [6.07, 6.45) is 0. The third-order valence-corrected chi connectivity index (χ3v) is 2.64. The van der Waals surface area contributed by atoms with Crippen molar-refractivity contribution in [3.63, 3.8) is 0 Å². The van der Waals surface area contributed by atoms with Gasteiger partial charge in [-0.3, -0.25) is 9.59 Å². The molecule has 1 saturated heterocycles. The Labute approximate surface area is 98.9 Å². The number of carboxylic acids is 1. The number of hydrogen-bond donors (Lipinski definition) is 1. The number of morpholine rings is 1. The fraction of sp³-hybridized carbons (Fsp3) is 0.700. The van der Waals surface area contributed by atoms with Gasteiger partial charge in [-0.2, -0.15) is 0 Å². The zero-order valence-corrected chi connectivity index (χ0v) is 9.88. The normalized spacial score (nSPS) is 19.9. The van der Waals surface area contributed by atoms with Crippen molar-refractivity contribution in [2.75, 3.05) is 33.4 Å². The Bertz CT molecular complexity index is 331. The van der Waals surface area contributed by atoms with Crippen LogP contribution in [0.4, 0.5) is 0 Å². The van der Waals surface area contributed by atoms with Gasteiger partial charge in [-0.25, -0.2) is 4.79 Å². The van der Waals surface area contributed by atoms with Crippen molar-refractivity contribution < 1.29 is 24.2 Å².